The third-order valence-electron chi connectivity index (χ3n) is 4.01. The van der Waals surface area contributed by atoms with Crippen molar-refractivity contribution in [3.63, 3.8) is 0 Å². The van der Waals surface area contributed by atoms with E-state index in [2.05, 4.69) is 4.98 Å². The maximum Gasteiger partial charge on any atom is 0.411 e. The van der Waals surface area contributed by atoms with Gasteiger partial charge in [0.05, 0.1) is 17.3 Å². The van der Waals surface area contributed by atoms with E-state index in [0.717, 1.165) is 0 Å². The second-order valence-corrected chi connectivity index (χ2v) is 5.19. The van der Waals surface area contributed by atoms with Crippen molar-refractivity contribution in [2.24, 2.45) is 5.73 Å². The van der Waals surface area contributed by atoms with Gasteiger partial charge in [0, 0.05) is 6.54 Å². The SMILES string of the molecule is NC(=O)Oc1ncn2c1[C@@H]1CCN1C(=O)c1cc(F)ccc1-2. The number of fused-ring (bicyclic) bond motifs is 5. The average molecular weight is 302 g/mol. The number of carbonyl (C=O) groups is 2. The summed E-state index contributed by atoms with van der Waals surface area (Å²) in [7, 11) is 0. The fourth-order valence-corrected chi connectivity index (χ4v) is 2.97. The number of carbonyl (C=O) groups excluding carboxylic acids is 2. The zero-order chi connectivity index (χ0) is 15.4. The predicted octanol–water partition coefficient (Wildman–Crippen LogP) is 1.37. The van der Waals surface area contributed by atoms with Crippen molar-refractivity contribution in [3.8, 4) is 11.6 Å². The second kappa shape index (κ2) is 4.30. The van der Waals surface area contributed by atoms with Crippen molar-refractivity contribution in [1.29, 1.82) is 0 Å². The summed E-state index contributed by atoms with van der Waals surface area (Å²) in [5.41, 5.74) is 6.39. The van der Waals surface area contributed by atoms with Crippen molar-refractivity contribution in [3.05, 3.63) is 41.6 Å². The van der Waals surface area contributed by atoms with Crippen molar-refractivity contribution >= 4 is 12.0 Å². The van der Waals surface area contributed by atoms with Crippen molar-refractivity contribution < 1.29 is 18.7 Å². The first kappa shape index (κ1) is 12.8. The topological polar surface area (TPSA) is 90.5 Å². The molecule has 0 bridgehead atoms. The number of amides is 2. The van der Waals surface area contributed by atoms with Gasteiger partial charge in [0.15, 0.2) is 0 Å². The molecule has 0 unspecified atom stereocenters. The average Bonchev–Trinajstić information content (AvgIpc) is 2.77. The van der Waals surface area contributed by atoms with E-state index >= 15 is 0 Å². The maximum absolute atomic E-state index is 13.5. The lowest BCUT2D eigenvalue weighted by Crippen LogP contribution is -2.44. The molecule has 7 nitrogen and oxygen atoms in total. The third kappa shape index (κ3) is 1.63. The molecule has 1 aromatic heterocycles. The summed E-state index contributed by atoms with van der Waals surface area (Å²) in [4.78, 5) is 29.2. The van der Waals surface area contributed by atoms with Gasteiger partial charge >= 0.3 is 6.09 Å². The minimum Gasteiger partial charge on any atom is -0.389 e. The van der Waals surface area contributed by atoms with Gasteiger partial charge in [-0.2, -0.15) is 0 Å². The number of hydrogen-bond acceptors (Lipinski definition) is 4. The number of hydrogen-bond donors (Lipinski definition) is 1. The number of aromatic nitrogens is 2. The number of halogens is 1. The molecule has 1 fully saturated rings. The Hall–Kier alpha value is -2.90. The molecule has 2 aliphatic heterocycles. The molecule has 4 rings (SSSR count). The van der Waals surface area contributed by atoms with Crippen LogP contribution in [-0.4, -0.2) is 33.0 Å². The van der Waals surface area contributed by atoms with Crippen LogP contribution in [0.15, 0.2) is 24.5 Å². The number of imidazole rings is 1. The molecule has 2 amide bonds. The monoisotopic (exact) mass is 302 g/mol. The van der Waals surface area contributed by atoms with E-state index in [9.17, 15) is 14.0 Å². The predicted molar refractivity (Wildman–Crippen MR) is 72.1 cm³/mol. The fraction of sp³-hybridized carbons (Fsp3) is 0.214. The quantitative estimate of drug-likeness (QED) is 0.861. The van der Waals surface area contributed by atoms with Crippen molar-refractivity contribution in [2.45, 2.75) is 12.5 Å². The highest BCUT2D eigenvalue weighted by Gasteiger charge is 2.42. The van der Waals surface area contributed by atoms with Crippen LogP contribution < -0.4 is 10.5 Å². The molecule has 0 aliphatic carbocycles. The lowest BCUT2D eigenvalue weighted by Gasteiger charge is -2.39. The molecule has 22 heavy (non-hydrogen) atoms. The van der Waals surface area contributed by atoms with Crippen LogP contribution in [0.25, 0.3) is 5.69 Å². The van der Waals surface area contributed by atoms with Crippen molar-refractivity contribution in [2.75, 3.05) is 6.54 Å². The van der Waals surface area contributed by atoms with Gasteiger partial charge in [0.1, 0.15) is 17.8 Å². The lowest BCUT2D eigenvalue weighted by molar-refractivity contribution is 0.0455. The molecule has 2 aromatic rings. The van der Waals surface area contributed by atoms with Gasteiger partial charge < -0.3 is 15.4 Å². The summed E-state index contributed by atoms with van der Waals surface area (Å²) in [6.07, 6.45) is 1.19. The smallest absolute Gasteiger partial charge is 0.389 e. The molecule has 8 heteroatoms. The van der Waals surface area contributed by atoms with E-state index in [1.807, 2.05) is 0 Å². The van der Waals surface area contributed by atoms with E-state index < -0.39 is 11.9 Å². The molecule has 112 valence electrons. The normalized spacial score (nSPS) is 18.7. The zero-order valence-corrected chi connectivity index (χ0v) is 11.3. The van der Waals surface area contributed by atoms with E-state index in [0.29, 0.717) is 24.3 Å². The van der Waals surface area contributed by atoms with Gasteiger partial charge in [-0.05, 0) is 24.6 Å². The molecule has 0 saturated carbocycles. The number of ether oxygens (including phenoxy) is 1. The van der Waals surface area contributed by atoms with Gasteiger partial charge in [-0.3, -0.25) is 9.36 Å². The standard InChI is InChI=1S/C14H11FN4O3/c15-7-1-2-9-8(5-7)13(20)18-4-3-10(18)11-12(22-14(16)21)17-6-19(9)11/h1-2,5-6,10H,3-4H2,(H2,16,21)/t10-/m0/s1. The molecular weight excluding hydrogens is 291 g/mol. The molecule has 2 N–H and O–H groups in total. The highest BCUT2D eigenvalue weighted by molar-refractivity contribution is 5.99. The molecular formula is C14H11FN4O3. The van der Waals surface area contributed by atoms with Crippen LogP contribution in [0.2, 0.25) is 0 Å². The Morgan fingerprint density at radius 2 is 2.27 bits per heavy atom. The summed E-state index contributed by atoms with van der Waals surface area (Å²) >= 11 is 0. The summed E-state index contributed by atoms with van der Waals surface area (Å²) in [5.74, 6) is -0.659. The summed E-state index contributed by atoms with van der Waals surface area (Å²) in [6.45, 7) is 0.556. The minimum atomic E-state index is -0.970. The lowest BCUT2D eigenvalue weighted by atomic mass is 9.99. The molecule has 0 radical (unpaired) electrons. The van der Waals surface area contributed by atoms with Crippen molar-refractivity contribution in [1.82, 2.24) is 14.5 Å². The fourth-order valence-electron chi connectivity index (χ4n) is 2.97. The first-order chi connectivity index (χ1) is 10.6. The van der Waals surface area contributed by atoms with Gasteiger partial charge in [0.25, 0.3) is 5.91 Å². The molecule has 0 spiro atoms. The molecule has 1 saturated heterocycles. The Balaban J connectivity index is 1.96. The zero-order valence-electron chi connectivity index (χ0n) is 11.3. The third-order valence-corrected chi connectivity index (χ3v) is 4.01. The summed E-state index contributed by atoms with van der Waals surface area (Å²) < 4.78 is 20.1. The van der Waals surface area contributed by atoms with Gasteiger partial charge in [0.2, 0.25) is 5.88 Å². The highest BCUT2D eigenvalue weighted by Crippen LogP contribution is 2.43. The Kier molecular flexibility index (Phi) is 2.50. The van der Waals surface area contributed by atoms with Gasteiger partial charge in [-0.1, -0.05) is 0 Å². The first-order valence-corrected chi connectivity index (χ1v) is 6.71. The Bertz CT molecular complexity index is 816. The van der Waals surface area contributed by atoms with Crippen LogP contribution in [0.1, 0.15) is 28.5 Å². The van der Waals surface area contributed by atoms with Crippen LogP contribution in [0.3, 0.4) is 0 Å². The van der Waals surface area contributed by atoms with Crippen LogP contribution in [0.4, 0.5) is 9.18 Å². The van der Waals surface area contributed by atoms with E-state index in [-0.39, 0.29) is 23.4 Å². The van der Waals surface area contributed by atoms with Gasteiger partial charge in [-0.25, -0.2) is 14.2 Å². The maximum atomic E-state index is 13.5. The van der Waals surface area contributed by atoms with E-state index in [4.69, 9.17) is 10.5 Å². The van der Waals surface area contributed by atoms with Gasteiger partial charge in [-0.15, -0.1) is 0 Å². The van der Waals surface area contributed by atoms with Crippen LogP contribution in [0.5, 0.6) is 5.88 Å². The largest absolute Gasteiger partial charge is 0.411 e. The van der Waals surface area contributed by atoms with Crippen LogP contribution >= 0.6 is 0 Å². The van der Waals surface area contributed by atoms with E-state index in [1.165, 1.54) is 24.5 Å². The highest BCUT2D eigenvalue weighted by atomic mass is 19.1. The number of nitrogens with two attached hydrogens (primary N) is 1. The molecule has 1 atom stereocenters. The van der Waals surface area contributed by atoms with Crippen LogP contribution in [0, 0.1) is 5.82 Å². The Morgan fingerprint density at radius 1 is 1.45 bits per heavy atom. The summed E-state index contributed by atoms with van der Waals surface area (Å²) in [5, 5.41) is 0. The molecule has 1 aromatic carbocycles. The minimum absolute atomic E-state index is 0.0761. The van der Waals surface area contributed by atoms with Crippen LogP contribution in [-0.2, 0) is 0 Å². The number of benzene rings is 1. The number of rotatable bonds is 1. The number of nitrogens with zero attached hydrogens (tertiary/aromatic N) is 3. The number of primary amides is 1. The second-order valence-electron chi connectivity index (χ2n) is 5.19. The molecule has 2 aliphatic rings. The summed E-state index contributed by atoms with van der Waals surface area (Å²) in [6, 6.07) is 3.72. The Labute approximate surface area is 124 Å². The Morgan fingerprint density at radius 3 is 2.95 bits per heavy atom. The first-order valence-electron chi connectivity index (χ1n) is 6.71. The van der Waals surface area contributed by atoms with E-state index in [1.54, 1.807) is 9.47 Å². The molecule has 3 heterocycles.